The predicted octanol–water partition coefficient (Wildman–Crippen LogP) is 3.90. The normalized spacial score (nSPS) is 16.4. The number of thioether (sulfide) groups is 1. The summed E-state index contributed by atoms with van der Waals surface area (Å²) in [5.41, 5.74) is 0.802. The Kier molecular flexibility index (Phi) is 5.93. The van der Waals surface area contributed by atoms with E-state index in [0.717, 1.165) is 12.1 Å². The Hall–Kier alpha value is -2.55. The monoisotopic (exact) mass is 413 g/mol. The molecule has 1 saturated heterocycles. The zero-order valence-electron chi connectivity index (χ0n) is 15.4. The molecule has 0 spiro atoms. The van der Waals surface area contributed by atoms with Gasteiger partial charge < -0.3 is 19.1 Å². The maximum Gasteiger partial charge on any atom is 0.234 e. The van der Waals surface area contributed by atoms with Crippen molar-refractivity contribution in [2.75, 3.05) is 27.1 Å². The number of carbonyl (C=O) groups is 1. The fraction of sp³-hybridized carbons (Fsp3) is 0.316. The van der Waals surface area contributed by atoms with Gasteiger partial charge in [0.1, 0.15) is 11.1 Å². The highest BCUT2D eigenvalue weighted by Crippen LogP contribution is 2.46. The number of amides is 1. The molecule has 2 aromatic rings. The molecule has 1 heterocycles. The molecule has 0 radical (unpaired) electrons. The molecule has 150 valence electrons. The first-order chi connectivity index (χ1) is 13.4. The minimum absolute atomic E-state index is 0.0812. The average Bonchev–Trinajstić information content (AvgIpc) is 3.05. The molecule has 0 saturated carbocycles. The van der Waals surface area contributed by atoms with Crippen molar-refractivity contribution in [3.63, 3.8) is 0 Å². The molecular formula is C19H18F3NO4S. The maximum atomic E-state index is 13.6. The van der Waals surface area contributed by atoms with E-state index >= 15 is 0 Å². The van der Waals surface area contributed by atoms with Gasteiger partial charge in [-0.25, -0.2) is 13.2 Å². The number of rotatable bonds is 6. The highest BCUT2D eigenvalue weighted by atomic mass is 32.2. The van der Waals surface area contributed by atoms with Crippen LogP contribution < -0.4 is 14.2 Å². The fourth-order valence-electron chi connectivity index (χ4n) is 3.02. The SMILES string of the molecule is COc1cc(OC)c(C2SCC(=O)N2Cc2cc(F)c(F)c(F)c2)cc1OC. The van der Waals surface area contributed by atoms with Crippen LogP contribution in [0.5, 0.6) is 17.2 Å². The molecule has 1 fully saturated rings. The van der Waals surface area contributed by atoms with Gasteiger partial charge in [0.25, 0.3) is 0 Å². The van der Waals surface area contributed by atoms with Crippen molar-refractivity contribution in [3.8, 4) is 17.2 Å². The lowest BCUT2D eigenvalue weighted by Crippen LogP contribution is -2.28. The summed E-state index contributed by atoms with van der Waals surface area (Å²) >= 11 is 1.34. The van der Waals surface area contributed by atoms with Gasteiger partial charge in [0.2, 0.25) is 5.91 Å². The zero-order valence-corrected chi connectivity index (χ0v) is 16.2. The highest BCUT2D eigenvalue weighted by molar-refractivity contribution is 8.00. The summed E-state index contributed by atoms with van der Waals surface area (Å²) in [7, 11) is 4.47. The second-order valence-electron chi connectivity index (χ2n) is 6.01. The van der Waals surface area contributed by atoms with Crippen LogP contribution in [0.15, 0.2) is 24.3 Å². The van der Waals surface area contributed by atoms with Crippen molar-refractivity contribution in [2.24, 2.45) is 0 Å². The number of methoxy groups -OCH3 is 3. The molecule has 5 nitrogen and oxygen atoms in total. The standard InChI is InChI=1S/C19H18F3NO4S/c1-25-14-7-16(27-3)15(26-2)6-11(14)19-23(17(24)9-28-19)8-10-4-12(20)18(22)13(21)5-10/h4-7,19H,8-9H2,1-3H3. The third kappa shape index (κ3) is 3.71. The van der Waals surface area contributed by atoms with Crippen molar-refractivity contribution in [2.45, 2.75) is 11.9 Å². The van der Waals surface area contributed by atoms with Gasteiger partial charge in [-0.15, -0.1) is 11.8 Å². The first-order valence-electron chi connectivity index (χ1n) is 8.24. The van der Waals surface area contributed by atoms with Gasteiger partial charge in [-0.3, -0.25) is 4.79 Å². The third-order valence-electron chi connectivity index (χ3n) is 4.37. The second kappa shape index (κ2) is 8.22. The molecule has 1 unspecified atom stereocenters. The Morgan fingerprint density at radius 3 is 2.11 bits per heavy atom. The smallest absolute Gasteiger partial charge is 0.234 e. The Morgan fingerprint density at radius 2 is 1.54 bits per heavy atom. The quantitative estimate of drug-likeness (QED) is 0.673. The molecular weight excluding hydrogens is 395 g/mol. The number of carbonyl (C=O) groups excluding carboxylic acids is 1. The summed E-state index contributed by atoms with van der Waals surface area (Å²) in [5, 5.41) is -0.474. The Labute approximate surface area is 164 Å². The van der Waals surface area contributed by atoms with Crippen LogP contribution in [0.3, 0.4) is 0 Å². The zero-order chi connectivity index (χ0) is 20.4. The summed E-state index contributed by atoms with van der Waals surface area (Å²) in [6.07, 6.45) is 0. The van der Waals surface area contributed by atoms with Crippen molar-refractivity contribution >= 4 is 17.7 Å². The van der Waals surface area contributed by atoms with Crippen molar-refractivity contribution in [3.05, 3.63) is 52.8 Å². The lowest BCUT2D eigenvalue weighted by atomic mass is 10.1. The fourth-order valence-corrected chi connectivity index (χ4v) is 4.23. The largest absolute Gasteiger partial charge is 0.496 e. The lowest BCUT2D eigenvalue weighted by molar-refractivity contribution is -0.128. The van der Waals surface area contributed by atoms with Crippen LogP contribution >= 0.6 is 11.8 Å². The number of benzene rings is 2. The number of hydrogen-bond acceptors (Lipinski definition) is 5. The van der Waals surface area contributed by atoms with Crippen molar-refractivity contribution in [1.29, 1.82) is 0 Å². The van der Waals surface area contributed by atoms with Crippen LogP contribution in [-0.4, -0.2) is 37.9 Å². The van der Waals surface area contributed by atoms with Crippen LogP contribution in [0, 0.1) is 17.5 Å². The minimum atomic E-state index is -1.54. The van der Waals surface area contributed by atoms with Crippen LogP contribution in [0.2, 0.25) is 0 Å². The minimum Gasteiger partial charge on any atom is -0.496 e. The summed E-state index contributed by atoms with van der Waals surface area (Å²) in [6.45, 7) is -0.0812. The molecule has 0 N–H and O–H groups in total. The molecule has 28 heavy (non-hydrogen) atoms. The molecule has 0 aromatic heterocycles. The van der Waals surface area contributed by atoms with Gasteiger partial charge in [-0.2, -0.15) is 0 Å². The number of hydrogen-bond donors (Lipinski definition) is 0. The van der Waals surface area contributed by atoms with Crippen molar-refractivity contribution < 1.29 is 32.2 Å². The van der Waals surface area contributed by atoms with E-state index in [0.29, 0.717) is 22.8 Å². The first kappa shape index (κ1) is 20.2. The molecule has 1 amide bonds. The van der Waals surface area contributed by atoms with Crippen LogP contribution in [0.1, 0.15) is 16.5 Å². The maximum absolute atomic E-state index is 13.6. The van der Waals surface area contributed by atoms with Gasteiger partial charge in [0, 0.05) is 18.2 Å². The number of nitrogens with zero attached hydrogens (tertiary/aromatic N) is 1. The van der Waals surface area contributed by atoms with Gasteiger partial charge in [0.05, 0.1) is 27.1 Å². The molecule has 9 heteroatoms. The van der Waals surface area contributed by atoms with E-state index in [2.05, 4.69) is 0 Å². The van der Waals surface area contributed by atoms with E-state index in [1.165, 1.54) is 38.0 Å². The van der Waals surface area contributed by atoms with Gasteiger partial charge >= 0.3 is 0 Å². The molecule has 2 aromatic carbocycles. The molecule has 0 bridgehead atoms. The van der Waals surface area contributed by atoms with E-state index in [1.54, 1.807) is 12.1 Å². The van der Waals surface area contributed by atoms with E-state index in [1.807, 2.05) is 0 Å². The van der Waals surface area contributed by atoms with Gasteiger partial charge in [-0.05, 0) is 23.8 Å². The highest BCUT2D eigenvalue weighted by Gasteiger charge is 2.35. The lowest BCUT2D eigenvalue weighted by Gasteiger charge is -2.26. The van der Waals surface area contributed by atoms with E-state index < -0.39 is 22.8 Å². The Bertz CT molecular complexity index is 886. The predicted molar refractivity (Wildman–Crippen MR) is 98.2 cm³/mol. The van der Waals surface area contributed by atoms with Gasteiger partial charge in [-0.1, -0.05) is 0 Å². The topological polar surface area (TPSA) is 48.0 Å². The molecule has 0 aliphatic carbocycles. The average molecular weight is 413 g/mol. The van der Waals surface area contributed by atoms with Crippen LogP contribution in [0.4, 0.5) is 13.2 Å². The second-order valence-corrected chi connectivity index (χ2v) is 7.08. The summed E-state index contributed by atoms with van der Waals surface area (Å²) in [6, 6.07) is 5.12. The summed E-state index contributed by atoms with van der Waals surface area (Å²) < 4.78 is 56.4. The van der Waals surface area contributed by atoms with E-state index in [-0.39, 0.29) is 23.8 Å². The van der Waals surface area contributed by atoms with Crippen molar-refractivity contribution in [1.82, 2.24) is 4.90 Å². The first-order valence-corrected chi connectivity index (χ1v) is 9.28. The summed E-state index contributed by atoms with van der Waals surface area (Å²) in [4.78, 5) is 13.9. The molecule has 3 rings (SSSR count). The third-order valence-corrected chi connectivity index (χ3v) is 5.60. The van der Waals surface area contributed by atoms with Crippen LogP contribution in [0.25, 0.3) is 0 Å². The van der Waals surface area contributed by atoms with Gasteiger partial charge in [0.15, 0.2) is 29.0 Å². The molecule has 1 aliphatic heterocycles. The molecule has 1 atom stereocenters. The van der Waals surface area contributed by atoms with E-state index in [9.17, 15) is 18.0 Å². The molecule has 1 aliphatic rings. The number of halogens is 3. The Balaban J connectivity index is 1.99. The Morgan fingerprint density at radius 1 is 0.964 bits per heavy atom. The summed E-state index contributed by atoms with van der Waals surface area (Å²) in [5.74, 6) is -2.76. The van der Waals surface area contributed by atoms with E-state index in [4.69, 9.17) is 14.2 Å². The van der Waals surface area contributed by atoms with Crippen LogP contribution in [-0.2, 0) is 11.3 Å². The number of ether oxygens (including phenoxy) is 3.